The third kappa shape index (κ3) is 6.70. The predicted octanol–water partition coefficient (Wildman–Crippen LogP) is 4.51. The smallest absolute Gasteiger partial charge is 0.341 e. The van der Waals surface area contributed by atoms with Crippen LogP contribution in [0.4, 0.5) is 5.00 Å². The Balaban J connectivity index is 1.39. The Morgan fingerprint density at radius 1 is 1.22 bits per heavy atom. The maximum Gasteiger partial charge on any atom is 0.341 e. The maximum absolute atomic E-state index is 12.7. The number of thiazole rings is 1. The van der Waals surface area contributed by atoms with Crippen LogP contribution in [0.2, 0.25) is 0 Å². The van der Waals surface area contributed by atoms with E-state index in [0.717, 1.165) is 39.9 Å². The number of thioether (sulfide) groups is 1. The molecule has 0 fully saturated rings. The van der Waals surface area contributed by atoms with Crippen LogP contribution in [0.3, 0.4) is 0 Å². The van der Waals surface area contributed by atoms with Crippen molar-refractivity contribution >= 4 is 67.4 Å². The van der Waals surface area contributed by atoms with Crippen molar-refractivity contribution in [2.75, 3.05) is 37.1 Å². The molecule has 0 saturated heterocycles. The van der Waals surface area contributed by atoms with E-state index < -0.39 is 5.97 Å². The molecule has 0 saturated carbocycles. The number of nitrogens with zero attached hydrogens (tertiary/aromatic N) is 2. The van der Waals surface area contributed by atoms with E-state index >= 15 is 0 Å². The normalized spacial score (nSPS) is 15.5. The summed E-state index contributed by atoms with van der Waals surface area (Å²) in [5, 5.41) is 3.41. The zero-order valence-electron chi connectivity index (χ0n) is 21.2. The highest BCUT2D eigenvalue weighted by atomic mass is 32.2. The molecule has 1 aliphatic carbocycles. The number of rotatable bonds is 10. The molecule has 1 N–H and O–H groups in total. The number of carbonyl (C=O) groups excluding carboxylic acids is 3. The summed E-state index contributed by atoms with van der Waals surface area (Å²) < 4.78 is 13.5. The van der Waals surface area contributed by atoms with Crippen LogP contribution < -0.4 is 10.1 Å². The fraction of sp³-hybridized carbons (Fsp3) is 0.462. The molecule has 8 nitrogen and oxygen atoms in total. The minimum atomic E-state index is -0.426. The number of methoxy groups -OCH3 is 1. The van der Waals surface area contributed by atoms with Gasteiger partial charge in [-0.25, -0.2) is 4.79 Å². The van der Waals surface area contributed by atoms with Gasteiger partial charge in [-0.2, -0.15) is 4.99 Å². The lowest BCUT2D eigenvalue weighted by Crippen LogP contribution is -2.20. The molecule has 0 aliphatic heterocycles. The van der Waals surface area contributed by atoms with Crippen LogP contribution in [0.1, 0.15) is 41.1 Å². The van der Waals surface area contributed by atoms with Crippen LogP contribution in [0.5, 0.6) is 0 Å². The van der Waals surface area contributed by atoms with Gasteiger partial charge in [0.25, 0.3) is 5.91 Å². The molecule has 0 radical (unpaired) electrons. The first kappa shape index (κ1) is 27.6. The summed E-state index contributed by atoms with van der Waals surface area (Å²) >= 11 is 4.11. The van der Waals surface area contributed by atoms with Gasteiger partial charge >= 0.3 is 5.97 Å². The van der Waals surface area contributed by atoms with E-state index in [4.69, 9.17) is 9.47 Å². The van der Waals surface area contributed by atoms with Crippen molar-refractivity contribution in [3.8, 4) is 0 Å². The van der Waals surface area contributed by atoms with Gasteiger partial charge in [0, 0.05) is 18.0 Å². The summed E-state index contributed by atoms with van der Waals surface area (Å²) in [5.74, 6) is -0.282. The highest BCUT2D eigenvalue weighted by Gasteiger charge is 2.28. The second-order valence-corrected chi connectivity index (χ2v) is 11.9. The standard InChI is InChI=1S/C26H31N3O5S3/c1-4-34-12-11-29-18-7-5-6-8-19(18)37-26(29)28-22(31)15-35-14-21(30)27-24-23(25(32)33-3)17-10-9-16(2)13-20(17)36-24/h5-8,16H,4,9-15H2,1-3H3,(H,27,30). The molecule has 1 unspecified atom stereocenters. The van der Waals surface area contributed by atoms with Crippen LogP contribution in [-0.4, -0.2) is 54.2 Å². The number of hydrogen-bond acceptors (Lipinski definition) is 8. The SMILES string of the molecule is CCOCCn1c(=NC(=O)CSCC(=O)Nc2sc3c(c2C(=O)OC)CCC(C)C3)sc2ccccc21. The molecule has 2 amide bonds. The number of aromatic nitrogens is 1. The highest BCUT2D eigenvalue weighted by Crippen LogP contribution is 2.40. The van der Waals surface area contributed by atoms with Crippen LogP contribution in [0.15, 0.2) is 29.3 Å². The second-order valence-electron chi connectivity index (χ2n) is 8.79. The van der Waals surface area contributed by atoms with Gasteiger partial charge < -0.3 is 19.4 Å². The van der Waals surface area contributed by atoms with Crippen molar-refractivity contribution in [3.63, 3.8) is 0 Å². The molecule has 3 aromatic rings. The summed E-state index contributed by atoms with van der Waals surface area (Å²) in [6.45, 7) is 5.90. The number of para-hydroxylation sites is 1. The highest BCUT2D eigenvalue weighted by molar-refractivity contribution is 8.00. The van der Waals surface area contributed by atoms with Crippen molar-refractivity contribution in [2.45, 2.75) is 39.7 Å². The minimum Gasteiger partial charge on any atom is -0.465 e. The average molecular weight is 562 g/mol. The van der Waals surface area contributed by atoms with E-state index in [0.29, 0.717) is 41.0 Å². The van der Waals surface area contributed by atoms with Crippen molar-refractivity contribution < 1.29 is 23.9 Å². The van der Waals surface area contributed by atoms with Crippen LogP contribution in [-0.2, 0) is 38.4 Å². The number of benzene rings is 1. The van der Waals surface area contributed by atoms with Gasteiger partial charge in [0.05, 0.1) is 41.0 Å². The summed E-state index contributed by atoms with van der Waals surface area (Å²) in [5.41, 5.74) is 2.48. The van der Waals surface area contributed by atoms with Crippen molar-refractivity contribution in [3.05, 3.63) is 45.1 Å². The molecule has 1 aliphatic rings. The molecular formula is C26H31N3O5S3. The molecule has 11 heteroatoms. The Hall–Kier alpha value is -2.47. The van der Waals surface area contributed by atoms with Crippen LogP contribution >= 0.6 is 34.4 Å². The molecule has 2 heterocycles. The summed E-state index contributed by atoms with van der Waals surface area (Å²) in [6, 6.07) is 7.93. The van der Waals surface area contributed by atoms with Gasteiger partial charge in [0.1, 0.15) is 5.00 Å². The first-order valence-electron chi connectivity index (χ1n) is 12.2. The number of fused-ring (bicyclic) bond motifs is 2. The van der Waals surface area contributed by atoms with Gasteiger partial charge in [0.15, 0.2) is 4.80 Å². The number of ether oxygens (including phenoxy) is 2. The van der Waals surface area contributed by atoms with E-state index in [-0.39, 0.29) is 23.3 Å². The number of nitrogens with one attached hydrogen (secondary N) is 1. The molecule has 0 bridgehead atoms. The van der Waals surface area contributed by atoms with E-state index in [9.17, 15) is 14.4 Å². The quantitative estimate of drug-likeness (QED) is 0.289. The zero-order valence-corrected chi connectivity index (χ0v) is 23.7. The van der Waals surface area contributed by atoms with Crippen LogP contribution in [0, 0.1) is 5.92 Å². The first-order chi connectivity index (χ1) is 17.9. The van der Waals surface area contributed by atoms with E-state index in [1.165, 1.54) is 41.5 Å². The molecule has 0 spiro atoms. The van der Waals surface area contributed by atoms with Crippen molar-refractivity contribution in [2.24, 2.45) is 10.9 Å². The molecule has 4 rings (SSSR count). The van der Waals surface area contributed by atoms with Gasteiger partial charge in [0.2, 0.25) is 5.91 Å². The van der Waals surface area contributed by atoms with Gasteiger partial charge in [-0.05, 0) is 49.8 Å². The number of amides is 2. The number of hydrogen-bond donors (Lipinski definition) is 1. The minimum absolute atomic E-state index is 0.0788. The van der Waals surface area contributed by atoms with Crippen molar-refractivity contribution in [1.82, 2.24) is 4.57 Å². The Morgan fingerprint density at radius 2 is 2.03 bits per heavy atom. The summed E-state index contributed by atoms with van der Waals surface area (Å²) in [4.78, 5) is 43.8. The monoisotopic (exact) mass is 561 g/mol. The Morgan fingerprint density at radius 3 is 2.81 bits per heavy atom. The van der Waals surface area contributed by atoms with Crippen LogP contribution in [0.25, 0.3) is 10.2 Å². The lowest BCUT2D eigenvalue weighted by Gasteiger charge is -2.18. The lowest BCUT2D eigenvalue weighted by atomic mass is 9.88. The summed E-state index contributed by atoms with van der Waals surface area (Å²) in [7, 11) is 1.35. The third-order valence-electron chi connectivity index (χ3n) is 6.08. The summed E-state index contributed by atoms with van der Waals surface area (Å²) in [6.07, 6.45) is 2.71. The molecular weight excluding hydrogens is 531 g/mol. The van der Waals surface area contributed by atoms with Gasteiger partial charge in [-0.3, -0.25) is 9.59 Å². The zero-order chi connectivity index (χ0) is 26.4. The molecule has 2 aromatic heterocycles. The number of esters is 1. The van der Waals surface area contributed by atoms with Gasteiger partial charge in [-0.1, -0.05) is 30.4 Å². The topological polar surface area (TPSA) is 99.0 Å². The predicted molar refractivity (Wildman–Crippen MR) is 150 cm³/mol. The van der Waals surface area contributed by atoms with E-state index in [1.54, 1.807) is 0 Å². The average Bonchev–Trinajstić information content (AvgIpc) is 3.40. The fourth-order valence-corrected chi connectivity index (χ4v) is 7.40. The van der Waals surface area contributed by atoms with E-state index in [2.05, 4.69) is 17.2 Å². The second kappa shape index (κ2) is 12.9. The Labute approximate surface area is 228 Å². The van der Waals surface area contributed by atoms with E-state index in [1.807, 2.05) is 35.8 Å². The fourth-order valence-electron chi connectivity index (χ4n) is 4.31. The number of carbonyl (C=O) groups is 3. The Bertz CT molecular complexity index is 1360. The number of anilines is 1. The number of thiophene rings is 1. The molecule has 37 heavy (non-hydrogen) atoms. The van der Waals surface area contributed by atoms with Gasteiger partial charge in [-0.15, -0.1) is 23.1 Å². The largest absolute Gasteiger partial charge is 0.465 e. The molecule has 198 valence electrons. The third-order valence-corrected chi connectivity index (χ3v) is 9.23. The first-order valence-corrected chi connectivity index (χ1v) is 15.0. The molecule has 1 aromatic carbocycles. The lowest BCUT2D eigenvalue weighted by molar-refractivity contribution is -0.115. The van der Waals surface area contributed by atoms with Crippen molar-refractivity contribution in [1.29, 1.82) is 0 Å². The Kier molecular flexibility index (Phi) is 9.58. The molecule has 1 atom stereocenters. The maximum atomic E-state index is 12.7.